The fraction of sp³-hybridized carbons (Fsp3) is 0.308. The maximum absolute atomic E-state index is 9.16. The lowest BCUT2D eigenvalue weighted by atomic mass is 10.1. The van der Waals surface area contributed by atoms with Gasteiger partial charge >= 0.3 is 0 Å². The van der Waals surface area contributed by atoms with Crippen molar-refractivity contribution in [3.63, 3.8) is 0 Å². The van der Waals surface area contributed by atoms with Gasteiger partial charge in [0.05, 0.1) is 12.3 Å². The zero-order chi connectivity index (χ0) is 11.4. The van der Waals surface area contributed by atoms with Crippen molar-refractivity contribution in [3.8, 4) is 0 Å². The van der Waals surface area contributed by atoms with E-state index in [2.05, 4.69) is 17.2 Å². The summed E-state index contributed by atoms with van der Waals surface area (Å²) < 4.78 is 0. The van der Waals surface area contributed by atoms with E-state index in [0.29, 0.717) is 5.69 Å². The molecule has 84 valence electrons. The number of pyridine rings is 1. The molecule has 0 bridgehead atoms. The summed E-state index contributed by atoms with van der Waals surface area (Å²) >= 11 is 0. The Morgan fingerprint density at radius 2 is 2.12 bits per heavy atom. The molecule has 1 aromatic heterocycles. The third kappa shape index (κ3) is 2.14. The standard InChI is InChI=1S/C13H16N2O/c1-2-7-14-13-12-6-4-3-5-10(12)8-11(9-16)15-13/h3-6,8,16H,2,7,9H2,1H3,(H,14,15). The Morgan fingerprint density at radius 1 is 1.31 bits per heavy atom. The molecular formula is C13H16N2O. The number of hydrogen-bond acceptors (Lipinski definition) is 3. The first-order chi connectivity index (χ1) is 7.85. The first-order valence-corrected chi connectivity index (χ1v) is 5.58. The van der Waals surface area contributed by atoms with E-state index in [1.807, 2.05) is 30.3 Å². The summed E-state index contributed by atoms with van der Waals surface area (Å²) in [7, 11) is 0. The molecule has 0 amide bonds. The predicted octanol–water partition coefficient (Wildman–Crippen LogP) is 2.55. The van der Waals surface area contributed by atoms with Crippen molar-refractivity contribution >= 4 is 16.6 Å². The average molecular weight is 216 g/mol. The van der Waals surface area contributed by atoms with Gasteiger partial charge in [-0.05, 0) is 17.9 Å². The monoisotopic (exact) mass is 216 g/mol. The summed E-state index contributed by atoms with van der Waals surface area (Å²) in [6.07, 6.45) is 1.05. The second kappa shape index (κ2) is 4.94. The van der Waals surface area contributed by atoms with Crippen molar-refractivity contribution in [3.05, 3.63) is 36.0 Å². The Labute approximate surface area is 95.1 Å². The second-order valence-electron chi connectivity index (χ2n) is 3.77. The van der Waals surface area contributed by atoms with Crippen LogP contribution in [0, 0.1) is 0 Å². The fourth-order valence-electron chi connectivity index (χ4n) is 1.71. The number of rotatable bonds is 4. The van der Waals surface area contributed by atoms with Crippen molar-refractivity contribution in [2.24, 2.45) is 0 Å². The number of nitrogens with one attached hydrogen (secondary N) is 1. The Kier molecular flexibility index (Phi) is 3.37. The van der Waals surface area contributed by atoms with E-state index in [0.717, 1.165) is 29.6 Å². The zero-order valence-electron chi connectivity index (χ0n) is 9.40. The molecule has 0 fully saturated rings. The van der Waals surface area contributed by atoms with E-state index in [-0.39, 0.29) is 6.61 Å². The number of benzene rings is 1. The third-order valence-electron chi connectivity index (χ3n) is 2.50. The van der Waals surface area contributed by atoms with Crippen LogP contribution in [0.15, 0.2) is 30.3 Å². The normalized spacial score (nSPS) is 10.6. The van der Waals surface area contributed by atoms with Gasteiger partial charge in [-0.25, -0.2) is 4.98 Å². The van der Waals surface area contributed by atoms with Crippen LogP contribution >= 0.6 is 0 Å². The van der Waals surface area contributed by atoms with E-state index in [1.165, 1.54) is 0 Å². The molecule has 2 rings (SSSR count). The highest BCUT2D eigenvalue weighted by Gasteiger charge is 2.04. The molecule has 0 saturated carbocycles. The predicted molar refractivity (Wildman–Crippen MR) is 66.4 cm³/mol. The van der Waals surface area contributed by atoms with Gasteiger partial charge in [-0.1, -0.05) is 31.2 Å². The Balaban J connectivity index is 2.50. The van der Waals surface area contributed by atoms with Crippen LogP contribution in [0.4, 0.5) is 5.82 Å². The molecule has 0 atom stereocenters. The molecule has 0 aliphatic heterocycles. The lowest BCUT2D eigenvalue weighted by molar-refractivity contribution is 0.277. The van der Waals surface area contributed by atoms with Crippen LogP contribution in [0.1, 0.15) is 19.0 Å². The second-order valence-corrected chi connectivity index (χ2v) is 3.77. The van der Waals surface area contributed by atoms with E-state index >= 15 is 0 Å². The number of anilines is 1. The number of aliphatic hydroxyl groups is 1. The number of hydrogen-bond donors (Lipinski definition) is 2. The van der Waals surface area contributed by atoms with E-state index in [9.17, 15) is 0 Å². The molecule has 1 aromatic carbocycles. The summed E-state index contributed by atoms with van der Waals surface area (Å²) in [5.74, 6) is 0.865. The van der Waals surface area contributed by atoms with Gasteiger partial charge in [-0.2, -0.15) is 0 Å². The minimum absolute atomic E-state index is 0.0222. The summed E-state index contributed by atoms with van der Waals surface area (Å²) in [6, 6.07) is 9.99. The highest BCUT2D eigenvalue weighted by Crippen LogP contribution is 2.22. The number of nitrogens with zero attached hydrogens (tertiary/aromatic N) is 1. The summed E-state index contributed by atoms with van der Waals surface area (Å²) in [4.78, 5) is 4.40. The summed E-state index contributed by atoms with van der Waals surface area (Å²) in [5, 5.41) is 14.7. The molecule has 16 heavy (non-hydrogen) atoms. The minimum Gasteiger partial charge on any atom is -0.390 e. The van der Waals surface area contributed by atoms with Crippen molar-refractivity contribution in [1.82, 2.24) is 4.98 Å². The van der Waals surface area contributed by atoms with Gasteiger partial charge in [-0.15, -0.1) is 0 Å². The van der Waals surface area contributed by atoms with Gasteiger partial charge in [0.1, 0.15) is 5.82 Å². The topological polar surface area (TPSA) is 45.2 Å². The first-order valence-electron chi connectivity index (χ1n) is 5.58. The molecule has 0 aliphatic carbocycles. The van der Waals surface area contributed by atoms with Crippen LogP contribution in [-0.4, -0.2) is 16.6 Å². The highest BCUT2D eigenvalue weighted by atomic mass is 16.3. The van der Waals surface area contributed by atoms with Gasteiger partial charge in [0.2, 0.25) is 0 Å². The van der Waals surface area contributed by atoms with Gasteiger partial charge in [0, 0.05) is 11.9 Å². The number of aromatic nitrogens is 1. The quantitative estimate of drug-likeness (QED) is 0.825. The molecule has 0 aliphatic rings. The fourth-order valence-corrected chi connectivity index (χ4v) is 1.71. The van der Waals surface area contributed by atoms with Gasteiger partial charge in [0.25, 0.3) is 0 Å². The molecule has 3 heteroatoms. The number of aliphatic hydroxyl groups excluding tert-OH is 1. The SMILES string of the molecule is CCCNc1nc(CO)cc2ccccc12. The van der Waals surface area contributed by atoms with E-state index in [1.54, 1.807) is 0 Å². The molecular weight excluding hydrogens is 200 g/mol. The van der Waals surface area contributed by atoms with Crippen LogP contribution in [-0.2, 0) is 6.61 Å². The van der Waals surface area contributed by atoms with Gasteiger partial charge in [0.15, 0.2) is 0 Å². The van der Waals surface area contributed by atoms with Crippen molar-refractivity contribution < 1.29 is 5.11 Å². The maximum Gasteiger partial charge on any atom is 0.134 e. The first kappa shape index (κ1) is 10.9. The minimum atomic E-state index is -0.0222. The molecule has 0 radical (unpaired) electrons. The maximum atomic E-state index is 9.16. The molecule has 0 unspecified atom stereocenters. The van der Waals surface area contributed by atoms with Crippen LogP contribution in [0.25, 0.3) is 10.8 Å². The lowest BCUT2D eigenvalue weighted by Crippen LogP contribution is -2.04. The Hall–Kier alpha value is -1.61. The Morgan fingerprint density at radius 3 is 2.88 bits per heavy atom. The van der Waals surface area contributed by atoms with Crippen LogP contribution in [0.2, 0.25) is 0 Å². The van der Waals surface area contributed by atoms with Crippen LogP contribution in [0.3, 0.4) is 0 Å². The average Bonchev–Trinajstić information content (AvgIpc) is 2.35. The molecule has 3 nitrogen and oxygen atoms in total. The molecule has 0 spiro atoms. The molecule has 0 saturated heterocycles. The van der Waals surface area contributed by atoms with Gasteiger partial charge < -0.3 is 10.4 Å². The summed E-state index contributed by atoms with van der Waals surface area (Å²) in [6.45, 7) is 2.99. The van der Waals surface area contributed by atoms with Crippen molar-refractivity contribution in [2.45, 2.75) is 20.0 Å². The third-order valence-corrected chi connectivity index (χ3v) is 2.50. The smallest absolute Gasteiger partial charge is 0.134 e. The summed E-state index contributed by atoms with van der Waals surface area (Å²) in [5.41, 5.74) is 0.706. The van der Waals surface area contributed by atoms with Crippen LogP contribution in [0.5, 0.6) is 0 Å². The molecule has 1 heterocycles. The number of fused-ring (bicyclic) bond motifs is 1. The zero-order valence-corrected chi connectivity index (χ0v) is 9.40. The molecule has 2 aromatic rings. The molecule has 2 N–H and O–H groups in total. The Bertz CT molecular complexity index is 482. The van der Waals surface area contributed by atoms with E-state index in [4.69, 9.17) is 5.11 Å². The highest BCUT2D eigenvalue weighted by molar-refractivity contribution is 5.92. The van der Waals surface area contributed by atoms with Crippen molar-refractivity contribution in [2.75, 3.05) is 11.9 Å². The van der Waals surface area contributed by atoms with Crippen molar-refractivity contribution in [1.29, 1.82) is 0 Å². The van der Waals surface area contributed by atoms with Crippen LogP contribution < -0.4 is 5.32 Å². The lowest BCUT2D eigenvalue weighted by Gasteiger charge is -2.09. The van der Waals surface area contributed by atoms with Gasteiger partial charge in [-0.3, -0.25) is 0 Å². The van der Waals surface area contributed by atoms with E-state index < -0.39 is 0 Å². The largest absolute Gasteiger partial charge is 0.390 e.